The second kappa shape index (κ2) is 1.58. The van der Waals surface area contributed by atoms with Gasteiger partial charge in [-0.15, -0.1) is 9.24 Å². The zero-order valence-corrected chi connectivity index (χ0v) is 5.18. The lowest BCUT2D eigenvalue weighted by Crippen LogP contribution is -2.02. The van der Waals surface area contributed by atoms with Gasteiger partial charge in [-0.1, -0.05) is 0 Å². The van der Waals surface area contributed by atoms with E-state index in [2.05, 4.69) is 15.3 Å². The first-order valence-electron chi connectivity index (χ1n) is 1.76. The predicted octanol–water partition coefficient (Wildman–Crippen LogP) is 1.16. The molecule has 1 unspecified atom stereocenters. The summed E-state index contributed by atoms with van der Waals surface area (Å²) < 4.78 is 0. The molecule has 0 heterocycles. The van der Waals surface area contributed by atoms with Crippen LogP contribution in [0.3, 0.4) is 0 Å². The monoisotopic (exact) mass is 101 g/mol. The Hall–Kier alpha value is -0.0800. The topological polar surface area (TPSA) is 23.8 Å². The van der Waals surface area contributed by atoms with Gasteiger partial charge in [-0.05, 0) is 13.8 Å². The minimum absolute atomic E-state index is 0.236. The molecule has 0 aromatic rings. The largest absolute Gasteiger partial charge is 0.197 e. The van der Waals surface area contributed by atoms with Crippen LogP contribution in [0.2, 0.25) is 0 Å². The molecule has 0 aliphatic carbocycles. The number of nitriles is 1. The molecule has 0 fully saturated rings. The average molecular weight is 101 g/mol. The summed E-state index contributed by atoms with van der Waals surface area (Å²) in [4.78, 5) is 0. The van der Waals surface area contributed by atoms with Crippen LogP contribution in [0.25, 0.3) is 0 Å². The van der Waals surface area contributed by atoms with Crippen LogP contribution in [-0.2, 0) is 0 Å². The van der Waals surface area contributed by atoms with Gasteiger partial charge in [0.1, 0.15) is 0 Å². The van der Waals surface area contributed by atoms with E-state index in [0.717, 1.165) is 0 Å². The van der Waals surface area contributed by atoms with E-state index in [1.165, 1.54) is 0 Å². The van der Waals surface area contributed by atoms with E-state index in [9.17, 15) is 0 Å². The van der Waals surface area contributed by atoms with Crippen molar-refractivity contribution in [2.24, 2.45) is 0 Å². The van der Waals surface area contributed by atoms with Gasteiger partial charge in [-0.2, -0.15) is 5.26 Å². The van der Waals surface area contributed by atoms with Crippen LogP contribution in [0.4, 0.5) is 0 Å². The molecule has 0 saturated carbocycles. The van der Waals surface area contributed by atoms with Gasteiger partial charge in [0.25, 0.3) is 0 Å². The van der Waals surface area contributed by atoms with E-state index in [-0.39, 0.29) is 5.16 Å². The normalized spacial score (nSPS) is 10.3. The van der Waals surface area contributed by atoms with Crippen LogP contribution in [-0.4, -0.2) is 5.16 Å². The van der Waals surface area contributed by atoms with Crippen molar-refractivity contribution in [3.63, 3.8) is 0 Å². The fourth-order valence-corrected chi connectivity index (χ4v) is 0. The van der Waals surface area contributed by atoms with Gasteiger partial charge < -0.3 is 0 Å². The first-order chi connectivity index (χ1) is 2.56. The van der Waals surface area contributed by atoms with Gasteiger partial charge in [-0.3, -0.25) is 0 Å². The Labute approximate surface area is 40.6 Å². The number of hydrogen-bond acceptors (Lipinski definition) is 1. The molecule has 34 valence electrons. The molecule has 0 saturated heterocycles. The SMILES string of the molecule is CC(C)(P)C#N. The molecule has 1 atom stereocenters. The standard InChI is InChI=1S/C4H8NP/c1-4(2,6)3-5/h6H2,1-2H3. The van der Waals surface area contributed by atoms with Crippen molar-refractivity contribution in [1.82, 2.24) is 0 Å². The van der Waals surface area contributed by atoms with Crippen LogP contribution < -0.4 is 0 Å². The summed E-state index contributed by atoms with van der Waals surface area (Å²) in [5.74, 6) is 0. The van der Waals surface area contributed by atoms with Crippen molar-refractivity contribution in [3.05, 3.63) is 0 Å². The maximum Gasteiger partial charge on any atom is 0.0725 e. The summed E-state index contributed by atoms with van der Waals surface area (Å²) in [6.07, 6.45) is 0. The summed E-state index contributed by atoms with van der Waals surface area (Å²) >= 11 is 0. The van der Waals surface area contributed by atoms with Crippen molar-refractivity contribution >= 4 is 9.24 Å². The van der Waals surface area contributed by atoms with Crippen molar-refractivity contribution in [2.75, 3.05) is 0 Å². The lowest BCUT2D eigenvalue weighted by molar-refractivity contribution is 0.916. The molecule has 0 aliphatic rings. The van der Waals surface area contributed by atoms with Crippen molar-refractivity contribution < 1.29 is 0 Å². The minimum atomic E-state index is -0.236. The molecule has 0 amide bonds. The Morgan fingerprint density at radius 2 is 1.83 bits per heavy atom. The smallest absolute Gasteiger partial charge is 0.0725 e. The van der Waals surface area contributed by atoms with Gasteiger partial charge in [0.2, 0.25) is 0 Å². The Morgan fingerprint density at radius 3 is 1.83 bits per heavy atom. The predicted molar refractivity (Wildman–Crippen MR) is 29.4 cm³/mol. The van der Waals surface area contributed by atoms with E-state index in [4.69, 9.17) is 5.26 Å². The third kappa shape index (κ3) is 3.92. The summed E-state index contributed by atoms with van der Waals surface area (Å²) in [6, 6.07) is 2.07. The lowest BCUT2D eigenvalue weighted by atomic mass is 10.2. The molecule has 0 spiro atoms. The third-order valence-electron chi connectivity index (χ3n) is 0.288. The molecule has 1 nitrogen and oxygen atoms in total. The van der Waals surface area contributed by atoms with Crippen molar-refractivity contribution in [1.29, 1.82) is 5.26 Å². The molecule has 0 aromatic heterocycles. The van der Waals surface area contributed by atoms with Gasteiger partial charge >= 0.3 is 0 Å². The molecule has 0 radical (unpaired) electrons. The van der Waals surface area contributed by atoms with Gasteiger partial charge in [0.15, 0.2) is 0 Å². The number of nitrogens with zero attached hydrogens (tertiary/aromatic N) is 1. The Morgan fingerprint density at radius 1 is 1.67 bits per heavy atom. The second-order valence-electron chi connectivity index (χ2n) is 1.83. The highest BCUT2D eigenvalue weighted by Gasteiger charge is 2.04. The third-order valence-corrected chi connectivity index (χ3v) is 0.417. The van der Waals surface area contributed by atoms with Gasteiger partial charge in [0.05, 0.1) is 11.2 Å². The first-order valence-corrected chi connectivity index (χ1v) is 2.34. The van der Waals surface area contributed by atoms with E-state index in [1.807, 2.05) is 13.8 Å². The van der Waals surface area contributed by atoms with Crippen LogP contribution in [0.1, 0.15) is 13.8 Å². The molecule has 2 heteroatoms. The quantitative estimate of drug-likeness (QED) is 0.420. The Bertz CT molecular complexity index is 74.5. The first kappa shape index (κ1) is 5.92. The van der Waals surface area contributed by atoms with E-state index >= 15 is 0 Å². The summed E-state index contributed by atoms with van der Waals surface area (Å²) in [5.41, 5.74) is 0. The lowest BCUT2D eigenvalue weighted by Gasteiger charge is -2.01. The van der Waals surface area contributed by atoms with Crippen molar-refractivity contribution in [3.8, 4) is 6.07 Å². The molecule has 0 rings (SSSR count). The number of rotatable bonds is 0. The van der Waals surface area contributed by atoms with Gasteiger partial charge in [-0.25, -0.2) is 0 Å². The molecular weight excluding hydrogens is 93.0 g/mol. The molecule has 0 N–H and O–H groups in total. The minimum Gasteiger partial charge on any atom is -0.197 e. The highest BCUT2D eigenvalue weighted by molar-refractivity contribution is 7.19. The van der Waals surface area contributed by atoms with Crippen LogP contribution >= 0.6 is 9.24 Å². The van der Waals surface area contributed by atoms with E-state index < -0.39 is 0 Å². The van der Waals surface area contributed by atoms with E-state index in [0.29, 0.717) is 0 Å². The summed E-state index contributed by atoms with van der Waals surface area (Å²) in [7, 11) is 2.43. The zero-order chi connectivity index (χ0) is 5.21. The maximum absolute atomic E-state index is 8.13. The Kier molecular flexibility index (Phi) is 1.56. The average Bonchev–Trinajstić information content (AvgIpc) is 1.35. The van der Waals surface area contributed by atoms with Gasteiger partial charge in [0, 0.05) is 0 Å². The summed E-state index contributed by atoms with van der Waals surface area (Å²) in [5, 5.41) is 7.90. The molecule has 0 aliphatic heterocycles. The van der Waals surface area contributed by atoms with Crippen molar-refractivity contribution in [2.45, 2.75) is 19.0 Å². The van der Waals surface area contributed by atoms with Crippen LogP contribution in [0, 0.1) is 11.3 Å². The number of hydrogen-bond donors (Lipinski definition) is 0. The fourth-order valence-electron chi connectivity index (χ4n) is 0. The van der Waals surface area contributed by atoms with Crippen LogP contribution in [0.15, 0.2) is 0 Å². The van der Waals surface area contributed by atoms with E-state index in [1.54, 1.807) is 0 Å². The molecule has 0 aromatic carbocycles. The molecular formula is C4H8NP. The fraction of sp³-hybridized carbons (Fsp3) is 0.750. The Balaban J connectivity index is 3.55. The van der Waals surface area contributed by atoms with Crippen LogP contribution in [0.5, 0.6) is 0 Å². The summed E-state index contributed by atoms with van der Waals surface area (Å²) in [6.45, 7) is 3.69. The maximum atomic E-state index is 8.13. The highest BCUT2D eigenvalue weighted by atomic mass is 31.0. The molecule has 0 bridgehead atoms. The second-order valence-corrected chi connectivity index (χ2v) is 3.28. The molecule has 6 heavy (non-hydrogen) atoms. The highest BCUT2D eigenvalue weighted by Crippen LogP contribution is 2.12. The zero-order valence-electron chi connectivity index (χ0n) is 4.02.